The molecule has 0 bridgehead atoms. The van der Waals surface area contributed by atoms with Gasteiger partial charge in [0.15, 0.2) is 0 Å². The molecular formula is C18H29NO. The summed E-state index contributed by atoms with van der Waals surface area (Å²) < 4.78 is 6.30. The van der Waals surface area contributed by atoms with E-state index >= 15 is 0 Å². The van der Waals surface area contributed by atoms with Crippen LogP contribution in [-0.4, -0.2) is 18.7 Å². The molecule has 2 unspecified atom stereocenters. The van der Waals surface area contributed by atoms with E-state index in [0.717, 1.165) is 19.0 Å². The molecule has 1 aromatic rings. The van der Waals surface area contributed by atoms with Crippen LogP contribution in [0.25, 0.3) is 0 Å². The maximum Gasteiger partial charge on any atom is 0.0952 e. The largest absolute Gasteiger partial charge is 0.369 e. The molecule has 0 saturated heterocycles. The molecular weight excluding hydrogens is 246 g/mol. The van der Waals surface area contributed by atoms with Gasteiger partial charge < -0.3 is 10.1 Å². The van der Waals surface area contributed by atoms with Gasteiger partial charge in [0, 0.05) is 12.6 Å². The van der Waals surface area contributed by atoms with Crippen molar-refractivity contribution in [2.24, 2.45) is 5.92 Å². The van der Waals surface area contributed by atoms with Crippen molar-refractivity contribution in [2.45, 2.75) is 65.2 Å². The van der Waals surface area contributed by atoms with E-state index < -0.39 is 0 Å². The molecule has 2 rings (SSSR count). The summed E-state index contributed by atoms with van der Waals surface area (Å²) in [5.41, 5.74) is 2.59. The van der Waals surface area contributed by atoms with Gasteiger partial charge in [-0.3, -0.25) is 0 Å². The molecule has 1 aliphatic rings. The van der Waals surface area contributed by atoms with Crippen LogP contribution in [0, 0.1) is 12.8 Å². The highest BCUT2D eigenvalue weighted by molar-refractivity contribution is 5.23. The molecule has 1 fully saturated rings. The fourth-order valence-electron chi connectivity index (χ4n) is 2.59. The Labute approximate surface area is 123 Å². The molecule has 0 radical (unpaired) electrons. The van der Waals surface area contributed by atoms with E-state index in [1.54, 1.807) is 0 Å². The van der Waals surface area contributed by atoms with Gasteiger partial charge in [-0.1, -0.05) is 43.7 Å². The number of aryl methyl sites for hydroxylation is 1. The Hall–Kier alpha value is -0.860. The second-order valence-electron chi connectivity index (χ2n) is 6.66. The molecule has 112 valence electrons. The van der Waals surface area contributed by atoms with Crippen molar-refractivity contribution in [3.63, 3.8) is 0 Å². The van der Waals surface area contributed by atoms with Crippen LogP contribution < -0.4 is 5.32 Å². The minimum absolute atomic E-state index is 0.171. The van der Waals surface area contributed by atoms with Gasteiger partial charge in [-0.05, 0) is 44.6 Å². The zero-order valence-electron chi connectivity index (χ0n) is 13.4. The third-order valence-electron chi connectivity index (χ3n) is 3.82. The SMILES string of the molecule is Cc1ccc(C(CNC2CC2)OC(C)CC(C)C)cc1. The first-order valence-corrected chi connectivity index (χ1v) is 8.00. The Balaban J connectivity index is 1.96. The Morgan fingerprint density at radius 1 is 1.15 bits per heavy atom. The van der Waals surface area contributed by atoms with Crippen molar-refractivity contribution in [3.8, 4) is 0 Å². The number of benzene rings is 1. The minimum atomic E-state index is 0.171. The third-order valence-corrected chi connectivity index (χ3v) is 3.82. The highest BCUT2D eigenvalue weighted by Gasteiger charge is 2.23. The number of hydrogen-bond donors (Lipinski definition) is 1. The van der Waals surface area contributed by atoms with Crippen LogP contribution in [0.4, 0.5) is 0 Å². The summed E-state index contributed by atoms with van der Waals surface area (Å²) >= 11 is 0. The normalized spacial score (nSPS) is 18.2. The first kappa shape index (κ1) is 15.5. The quantitative estimate of drug-likeness (QED) is 0.766. The second kappa shape index (κ2) is 7.24. The molecule has 0 amide bonds. The number of ether oxygens (including phenoxy) is 1. The molecule has 1 saturated carbocycles. The van der Waals surface area contributed by atoms with Crippen LogP contribution in [0.3, 0.4) is 0 Å². The van der Waals surface area contributed by atoms with Crippen LogP contribution in [0.1, 0.15) is 57.3 Å². The molecule has 0 spiro atoms. The summed E-state index contributed by atoms with van der Waals surface area (Å²) in [5.74, 6) is 0.681. The van der Waals surface area contributed by atoms with E-state index in [4.69, 9.17) is 4.74 Å². The Kier molecular flexibility index (Phi) is 5.62. The van der Waals surface area contributed by atoms with Crippen LogP contribution in [-0.2, 0) is 4.74 Å². The Bertz CT molecular complexity index is 394. The number of hydrogen-bond acceptors (Lipinski definition) is 2. The van der Waals surface area contributed by atoms with Crippen LogP contribution in [0.2, 0.25) is 0 Å². The molecule has 2 atom stereocenters. The van der Waals surface area contributed by atoms with Crippen molar-refractivity contribution in [2.75, 3.05) is 6.54 Å². The van der Waals surface area contributed by atoms with Gasteiger partial charge in [0.25, 0.3) is 0 Å². The van der Waals surface area contributed by atoms with Crippen LogP contribution in [0.15, 0.2) is 24.3 Å². The molecule has 1 aromatic carbocycles. The van der Waals surface area contributed by atoms with Gasteiger partial charge in [0.05, 0.1) is 12.2 Å². The molecule has 2 nitrogen and oxygen atoms in total. The van der Waals surface area contributed by atoms with Crippen molar-refractivity contribution >= 4 is 0 Å². The Morgan fingerprint density at radius 2 is 1.80 bits per heavy atom. The zero-order chi connectivity index (χ0) is 14.5. The lowest BCUT2D eigenvalue weighted by Gasteiger charge is -2.24. The van der Waals surface area contributed by atoms with E-state index in [2.05, 4.69) is 57.3 Å². The highest BCUT2D eigenvalue weighted by atomic mass is 16.5. The smallest absolute Gasteiger partial charge is 0.0952 e. The molecule has 0 aliphatic heterocycles. The van der Waals surface area contributed by atoms with E-state index in [0.29, 0.717) is 12.0 Å². The summed E-state index contributed by atoms with van der Waals surface area (Å²) in [6, 6.07) is 9.49. The molecule has 0 aromatic heterocycles. The second-order valence-corrected chi connectivity index (χ2v) is 6.66. The Morgan fingerprint density at radius 3 is 2.35 bits per heavy atom. The topological polar surface area (TPSA) is 21.3 Å². The lowest BCUT2D eigenvalue weighted by atomic mass is 10.0. The van der Waals surface area contributed by atoms with Gasteiger partial charge in [0.2, 0.25) is 0 Å². The van der Waals surface area contributed by atoms with Gasteiger partial charge >= 0.3 is 0 Å². The first-order valence-electron chi connectivity index (χ1n) is 8.00. The van der Waals surface area contributed by atoms with E-state index in [9.17, 15) is 0 Å². The lowest BCUT2D eigenvalue weighted by molar-refractivity contribution is -0.0128. The summed E-state index contributed by atoms with van der Waals surface area (Å²) in [6.07, 6.45) is 4.24. The molecule has 2 heteroatoms. The van der Waals surface area contributed by atoms with Gasteiger partial charge in [-0.25, -0.2) is 0 Å². The predicted octanol–water partition coefficient (Wildman–Crippen LogP) is 4.24. The minimum Gasteiger partial charge on any atom is -0.369 e. The molecule has 1 aliphatic carbocycles. The number of nitrogens with one attached hydrogen (secondary N) is 1. The average Bonchev–Trinajstić information content (AvgIpc) is 3.18. The van der Waals surface area contributed by atoms with E-state index in [-0.39, 0.29) is 6.10 Å². The lowest BCUT2D eigenvalue weighted by Crippen LogP contribution is -2.28. The summed E-state index contributed by atoms with van der Waals surface area (Å²) in [7, 11) is 0. The van der Waals surface area contributed by atoms with E-state index in [1.807, 2.05) is 0 Å². The highest BCUT2D eigenvalue weighted by Crippen LogP contribution is 2.24. The summed E-state index contributed by atoms with van der Waals surface area (Å²) in [5, 5.41) is 3.60. The number of rotatable bonds is 8. The van der Waals surface area contributed by atoms with Crippen molar-refractivity contribution in [3.05, 3.63) is 35.4 Å². The fraction of sp³-hybridized carbons (Fsp3) is 0.667. The molecule has 0 heterocycles. The van der Waals surface area contributed by atoms with Gasteiger partial charge in [-0.15, -0.1) is 0 Å². The summed E-state index contributed by atoms with van der Waals surface area (Å²) in [6.45, 7) is 9.75. The molecule has 1 N–H and O–H groups in total. The predicted molar refractivity (Wildman–Crippen MR) is 84.9 cm³/mol. The standard InChI is InChI=1S/C18H29NO/c1-13(2)11-15(4)20-18(12-19-17-9-10-17)16-7-5-14(3)6-8-16/h5-8,13,15,17-19H,9-12H2,1-4H3. The van der Waals surface area contributed by atoms with Gasteiger partial charge in [-0.2, -0.15) is 0 Å². The van der Waals surface area contributed by atoms with Gasteiger partial charge in [0.1, 0.15) is 0 Å². The summed E-state index contributed by atoms with van der Waals surface area (Å²) in [4.78, 5) is 0. The first-order chi connectivity index (χ1) is 9.54. The average molecular weight is 275 g/mol. The van der Waals surface area contributed by atoms with E-state index in [1.165, 1.54) is 24.0 Å². The van der Waals surface area contributed by atoms with Crippen molar-refractivity contribution < 1.29 is 4.74 Å². The maximum absolute atomic E-state index is 6.30. The monoisotopic (exact) mass is 275 g/mol. The van der Waals surface area contributed by atoms with Crippen LogP contribution >= 0.6 is 0 Å². The molecule has 20 heavy (non-hydrogen) atoms. The third kappa shape index (κ3) is 5.26. The maximum atomic E-state index is 6.30. The van der Waals surface area contributed by atoms with Crippen LogP contribution in [0.5, 0.6) is 0 Å². The van der Waals surface area contributed by atoms with Crippen molar-refractivity contribution in [1.82, 2.24) is 5.32 Å². The zero-order valence-corrected chi connectivity index (χ0v) is 13.4. The van der Waals surface area contributed by atoms with Crippen molar-refractivity contribution in [1.29, 1.82) is 0 Å². The fourth-order valence-corrected chi connectivity index (χ4v) is 2.59.